The Morgan fingerprint density at radius 2 is 2.33 bits per heavy atom. The largest absolute Gasteiger partial charge is 0.298 e. The molecule has 0 radical (unpaired) electrons. The molecule has 3 heteroatoms. The summed E-state index contributed by atoms with van der Waals surface area (Å²) in [5.41, 5.74) is 2.81. The molecular formula is C9H8ClNO. The highest BCUT2D eigenvalue weighted by atomic mass is 35.5. The van der Waals surface area contributed by atoms with E-state index in [0.29, 0.717) is 10.7 Å². The van der Waals surface area contributed by atoms with Crippen LogP contribution in [0.15, 0.2) is 6.07 Å². The number of nitrogens with zero attached hydrogens (tertiary/aromatic N) is 1. The van der Waals surface area contributed by atoms with Crippen LogP contribution < -0.4 is 0 Å². The zero-order chi connectivity index (χ0) is 8.55. The molecule has 0 amide bonds. The van der Waals surface area contributed by atoms with E-state index in [1.165, 1.54) is 0 Å². The van der Waals surface area contributed by atoms with Crippen LogP contribution in [0.5, 0.6) is 0 Å². The van der Waals surface area contributed by atoms with Crippen molar-refractivity contribution >= 4 is 17.9 Å². The third kappa shape index (κ3) is 1.12. The molecule has 1 aromatic heterocycles. The lowest BCUT2D eigenvalue weighted by Crippen LogP contribution is -1.94. The summed E-state index contributed by atoms with van der Waals surface area (Å²) in [6, 6.07) is 1.64. The average Bonchev–Trinajstić information content (AvgIpc) is 2.50. The van der Waals surface area contributed by atoms with Crippen LogP contribution in [0.1, 0.15) is 28.0 Å². The van der Waals surface area contributed by atoms with E-state index in [0.717, 1.165) is 36.8 Å². The first kappa shape index (κ1) is 7.74. The van der Waals surface area contributed by atoms with Crippen molar-refractivity contribution in [3.05, 3.63) is 28.0 Å². The first-order chi connectivity index (χ1) is 5.81. The van der Waals surface area contributed by atoms with Gasteiger partial charge in [-0.3, -0.25) is 4.79 Å². The van der Waals surface area contributed by atoms with Crippen molar-refractivity contribution in [3.63, 3.8) is 0 Å². The molecule has 0 spiro atoms. The summed E-state index contributed by atoms with van der Waals surface area (Å²) in [4.78, 5) is 14.8. The van der Waals surface area contributed by atoms with E-state index in [1.54, 1.807) is 6.07 Å². The van der Waals surface area contributed by atoms with E-state index < -0.39 is 0 Å². The highest BCUT2D eigenvalue weighted by Crippen LogP contribution is 2.24. The number of aryl methyl sites for hydroxylation is 1. The number of rotatable bonds is 1. The minimum Gasteiger partial charge on any atom is -0.298 e. The first-order valence-corrected chi connectivity index (χ1v) is 4.32. The number of pyridine rings is 1. The zero-order valence-electron chi connectivity index (χ0n) is 6.51. The Morgan fingerprint density at radius 1 is 1.50 bits per heavy atom. The standard InChI is InChI=1S/C9H8ClNO/c10-9-4-6(5-12)7-2-1-3-8(7)11-9/h4-5H,1-3H2. The van der Waals surface area contributed by atoms with Crippen LogP contribution in [0.25, 0.3) is 0 Å². The van der Waals surface area contributed by atoms with E-state index in [9.17, 15) is 4.79 Å². The third-order valence-electron chi connectivity index (χ3n) is 2.18. The van der Waals surface area contributed by atoms with Crippen LogP contribution in [0.2, 0.25) is 5.15 Å². The maximum Gasteiger partial charge on any atom is 0.150 e. The van der Waals surface area contributed by atoms with Crippen LogP contribution in [0, 0.1) is 0 Å². The molecule has 62 valence electrons. The zero-order valence-corrected chi connectivity index (χ0v) is 7.27. The fraction of sp³-hybridized carbons (Fsp3) is 0.333. The minimum absolute atomic E-state index is 0.428. The molecule has 1 heterocycles. The lowest BCUT2D eigenvalue weighted by Gasteiger charge is -2.01. The van der Waals surface area contributed by atoms with E-state index in [4.69, 9.17) is 11.6 Å². The summed E-state index contributed by atoms with van der Waals surface area (Å²) in [6.45, 7) is 0. The summed E-state index contributed by atoms with van der Waals surface area (Å²) >= 11 is 5.74. The summed E-state index contributed by atoms with van der Waals surface area (Å²) < 4.78 is 0. The monoisotopic (exact) mass is 181 g/mol. The molecule has 0 fully saturated rings. The lowest BCUT2D eigenvalue weighted by atomic mass is 10.1. The molecule has 2 nitrogen and oxygen atoms in total. The van der Waals surface area contributed by atoms with Crippen molar-refractivity contribution in [2.45, 2.75) is 19.3 Å². The number of aldehydes is 1. The fourth-order valence-corrected chi connectivity index (χ4v) is 1.86. The van der Waals surface area contributed by atoms with Gasteiger partial charge in [-0.1, -0.05) is 11.6 Å². The van der Waals surface area contributed by atoms with E-state index in [1.807, 2.05) is 0 Å². The molecule has 1 aliphatic carbocycles. The van der Waals surface area contributed by atoms with Gasteiger partial charge in [0.1, 0.15) is 5.15 Å². The highest BCUT2D eigenvalue weighted by molar-refractivity contribution is 6.29. The Bertz CT molecular complexity index is 336. The molecule has 12 heavy (non-hydrogen) atoms. The Kier molecular flexibility index (Phi) is 1.85. The summed E-state index contributed by atoms with van der Waals surface area (Å²) in [5, 5.41) is 0.428. The summed E-state index contributed by atoms with van der Waals surface area (Å²) in [5.74, 6) is 0. The van der Waals surface area contributed by atoms with Gasteiger partial charge in [0.2, 0.25) is 0 Å². The number of carbonyl (C=O) groups excluding carboxylic acids is 1. The van der Waals surface area contributed by atoms with Gasteiger partial charge < -0.3 is 0 Å². The van der Waals surface area contributed by atoms with Crippen molar-refractivity contribution in [2.75, 3.05) is 0 Å². The molecule has 0 bridgehead atoms. The summed E-state index contributed by atoms with van der Waals surface area (Å²) in [6.07, 6.45) is 3.87. The second-order valence-corrected chi connectivity index (χ2v) is 3.32. The Morgan fingerprint density at radius 3 is 3.08 bits per heavy atom. The number of fused-ring (bicyclic) bond motifs is 1. The number of carbonyl (C=O) groups is 1. The summed E-state index contributed by atoms with van der Waals surface area (Å²) in [7, 11) is 0. The number of halogens is 1. The fourth-order valence-electron chi connectivity index (χ4n) is 1.64. The molecule has 0 aromatic carbocycles. The molecule has 2 rings (SSSR count). The SMILES string of the molecule is O=Cc1cc(Cl)nc2c1CCC2. The van der Waals surface area contributed by atoms with Gasteiger partial charge in [-0.25, -0.2) is 4.98 Å². The van der Waals surface area contributed by atoms with Gasteiger partial charge in [-0.05, 0) is 30.9 Å². The smallest absolute Gasteiger partial charge is 0.150 e. The highest BCUT2D eigenvalue weighted by Gasteiger charge is 2.16. The van der Waals surface area contributed by atoms with Crippen LogP contribution >= 0.6 is 11.6 Å². The molecule has 1 aliphatic rings. The molecule has 1 aromatic rings. The molecule has 0 atom stereocenters. The molecule has 0 unspecified atom stereocenters. The van der Waals surface area contributed by atoms with Crippen LogP contribution in [0.3, 0.4) is 0 Å². The normalized spacial score (nSPS) is 14.4. The Balaban J connectivity index is 2.62. The van der Waals surface area contributed by atoms with Gasteiger partial charge in [0, 0.05) is 11.3 Å². The third-order valence-corrected chi connectivity index (χ3v) is 2.37. The molecule has 0 saturated heterocycles. The number of aromatic nitrogens is 1. The molecule has 0 saturated carbocycles. The van der Waals surface area contributed by atoms with Crippen LogP contribution in [-0.2, 0) is 12.8 Å². The molecule has 0 aliphatic heterocycles. The second kappa shape index (κ2) is 2.87. The average molecular weight is 182 g/mol. The second-order valence-electron chi connectivity index (χ2n) is 2.93. The van der Waals surface area contributed by atoms with Crippen molar-refractivity contribution in [1.82, 2.24) is 4.98 Å². The quantitative estimate of drug-likeness (QED) is 0.490. The van der Waals surface area contributed by atoms with Crippen molar-refractivity contribution in [1.29, 1.82) is 0 Å². The van der Waals surface area contributed by atoms with Gasteiger partial charge >= 0.3 is 0 Å². The van der Waals surface area contributed by atoms with Gasteiger partial charge in [-0.2, -0.15) is 0 Å². The Labute approximate surface area is 75.6 Å². The van der Waals surface area contributed by atoms with Gasteiger partial charge in [0.25, 0.3) is 0 Å². The predicted molar refractivity (Wildman–Crippen MR) is 46.7 cm³/mol. The lowest BCUT2D eigenvalue weighted by molar-refractivity contribution is 0.112. The topological polar surface area (TPSA) is 30.0 Å². The van der Waals surface area contributed by atoms with Gasteiger partial charge in [0.15, 0.2) is 6.29 Å². The van der Waals surface area contributed by atoms with E-state index in [-0.39, 0.29) is 0 Å². The number of hydrogen-bond acceptors (Lipinski definition) is 2. The maximum atomic E-state index is 10.6. The maximum absolute atomic E-state index is 10.6. The van der Waals surface area contributed by atoms with Crippen molar-refractivity contribution in [3.8, 4) is 0 Å². The van der Waals surface area contributed by atoms with Gasteiger partial charge in [-0.15, -0.1) is 0 Å². The van der Waals surface area contributed by atoms with Gasteiger partial charge in [0.05, 0.1) is 0 Å². The first-order valence-electron chi connectivity index (χ1n) is 3.95. The minimum atomic E-state index is 0.428. The van der Waals surface area contributed by atoms with Crippen LogP contribution in [-0.4, -0.2) is 11.3 Å². The van der Waals surface area contributed by atoms with E-state index in [2.05, 4.69) is 4.98 Å². The van der Waals surface area contributed by atoms with Crippen LogP contribution in [0.4, 0.5) is 0 Å². The molecule has 0 N–H and O–H groups in total. The van der Waals surface area contributed by atoms with Crippen molar-refractivity contribution in [2.24, 2.45) is 0 Å². The predicted octanol–water partition coefficient (Wildman–Crippen LogP) is 2.04. The van der Waals surface area contributed by atoms with E-state index >= 15 is 0 Å². The number of hydrogen-bond donors (Lipinski definition) is 0. The molecular weight excluding hydrogens is 174 g/mol. The Hall–Kier alpha value is -0.890. The van der Waals surface area contributed by atoms with Crippen molar-refractivity contribution < 1.29 is 4.79 Å².